The lowest BCUT2D eigenvalue weighted by Gasteiger charge is -2.09. The molecule has 1 amide bonds. The van der Waals surface area contributed by atoms with Gasteiger partial charge in [0.2, 0.25) is 5.91 Å². The van der Waals surface area contributed by atoms with Gasteiger partial charge in [-0.15, -0.1) is 24.8 Å². The molecule has 0 aliphatic heterocycles. The van der Waals surface area contributed by atoms with Crippen LogP contribution in [0.25, 0.3) is 0 Å². The standard InChI is InChI=1S/C19H22N6O3.2ClH/c1-28-18(26)12-25-8-7-17(23-25)22-19(27)16(20)9-15-11-24(13-21-15)10-14-5-3-2-4-6-14;;/h2-8,11,13,16H,9-10,12,20H2,1H3,(H,22,23,27);2*1H/t16-;;/m0../s1. The first-order valence-electron chi connectivity index (χ1n) is 8.75. The van der Waals surface area contributed by atoms with Gasteiger partial charge >= 0.3 is 5.97 Å². The van der Waals surface area contributed by atoms with Crippen molar-refractivity contribution in [2.45, 2.75) is 25.6 Å². The van der Waals surface area contributed by atoms with E-state index >= 15 is 0 Å². The van der Waals surface area contributed by atoms with Crippen molar-refractivity contribution in [1.29, 1.82) is 0 Å². The van der Waals surface area contributed by atoms with E-state index in [1.54, 1.807) is 18.6 Å². The monoisotopic (exact) mass is 454 g/mol. The second-order valence-corrected chi connectivity index (χ2v) is 6.30. The Kier molecular flexibility index (Phi) is 10.0. The molecule has 0 spiro atoms. The summed E-state index contributed by atoms with van der Waals surface area (Å²) in [6.07, 6.45) is 5.48. The molecule has 0 unspecified atom stereocenters. The first kappa shape index (κ1) is 25.2. The van der Waals surface area contributed by atoms with Crippen LogP contribution >= 0.6 is 24.8 Å². The van der Waals surface area contributed by atoms with Crippen molar-refractivity contribution in [2.24, 2.45) is 5.73 Å². The summed E-state index contributed by atoms with van der Waals surface area (Å²) in [4.78, 5) is 27.9. The van der Waals surface area contributed by atoms with Crippen molar-refractivity contribution in [2.75, 3.05) is 12.4 Å². The lowest BCUT2D eigenvalue weighted by molar-refractivity contribution is -0.141. The van der Waals surface area contributed by atoms with Gasteiger partial charge in [0.15, 0.2) is 5.82 Å². The Labute approximate surface area is 186 Å². The summed E-state index contributed by atoms with van der Waals surface area (Å²) in [7, 11) is 1.30. The third-order valence-corrected chi connectivity index (χ3v) is 4.07. The maximum Gasteiger partial charge on any atom is 0.327 e. The van der Waals surface area contributed by atoms with Crippen LogP contribution in [0.15, 0.2) is 55.1 Å². The van der Waals surface area contributed by atoms with Crippen LogP contribution in [0.5, 0.6) is 0 Å². The zero-order valence-electron chi connectivity index (χ0n) is 16.3. The highest BCUT2D eigenvalue weighted by atomic mass is 35.5. The number of anilines is 1. The van der Waals surface area contributed by atoms with Gasteiger partial charge in [0.1, 0.15) is 6.54 Å². The number of hydrogen-bond donors (Lipinski definition) is 2. The zero-order chi connectivity index (χ0) is 19.9. The van der Waals surface area contributed by atoms with E-state index < -0.39 is 12.0 Å². The van der Waals surface area contributed by atoms with Crippen LogP contribution in [0, 0.1) is 0 Å². The molecule has 162 valence electrons. The maximum atomic E-state index is 12.3. The highest BCUT2D eigenvalue weighted by Gasteiger charge is 2.17. The molecule has 0 aliphatic rings. The highest BCUT2D eigenvalue weighted by Crippen LogP contribution is 2.07. The minimum Gasteiger partial charge on any atom is -0.468 e. The molecule has 0 radical (unpaired) electrons. The van der Waals surface area contributed by atoms with E-state index in [0.717, 1.165) is 11.3 Å². The topological polar surface area (TPSA) is 117 Å². The molecule has 0 saturated heterocycles. The molecule has 3 N–H and O–H groups in total. The summed E-state index contributed by atoms with van der Waals surface area (Å²) < 4.78 is 7.89. The number of aromatic nitrogens is 4. The summed E-state index contributed by atoms with van der Waals surface area (Å²) in [5, 5.41) is 6.72. The maximum absolute atomic E-state index is 12.3. The predicted molar refractivity (Wildman–Crippen MR) is 117 cm³/mol. The summed E-state index contributed by atoms with van der Waals surface area (Å²) in [6, 6.07) is 10.8. The highest BCUT2D eigenvalue weighted by molar-refractivity contribution is 5.94. The number of nitrogens with two attached hydrogens (primary N) is 1. The number of nitrogens with one attached hydrogen (secondary N) is 1. The average Bonchev–Trinajstić information content (AvgIpc) is 3.31. The Morgan fingerprint density at radius 2 is 1.93 bits per heavy atom. The number of benzene rings is 1. The van der Waals surface area contributed by atoms with Crippen LogP contribution < -0.4 is 11.1 Å². The summed E-state index contributed by atoms with van der Waals surface area (Å²) in [5.74, 6) is -0.483. The van der Waals surface area contributed by atoms with Gasteiger partial charge in [-0.3, -0.25) is 14.3 Å². The smallest absolute Gasteiger partial charge is 0.327 e. The fraction of sp³-hybridized carbons (Fsp3) is 0.263. The van der Waals surface area contributed by atoms with Crippen molar-refractivity contribution in [3.05, 3.63) is 66.4 Å². The number of nitrogens with zero attached hydrogens (tertiary/aromatic N) is 4. The van der Waals surface area contributed by atoms with Crippen LogP contribution in [0.4, 0.5) is 5.82 Å². The third-order valence-electron chi connectivity index (χ3n) is 4.07. The van der Waals surface area contributed by atoms with Gasteiger partial charge in [0.05, 0.1) is 25.2 Å². The van der Waals surface area contributed by atoms with E-state index in [-0.39, 0.29) is 37.3 Å². The number of esters is 1. The zero-order valence-corrected chi connectivity index (χ0v) is 17.9. The van der Waals surface area contributed by atoms with Gasteiger partial charge in [0.25, 0.3) is 0 Å². The molecule has 3 rings (SSSR count). The first-order valence-corrected chi connectivity index (χ1v) is 8.75. The number of hydrogen-bond acceptors (Lipinski definition) is 6. The van der Waals surface area contributed by atoms with Crippen LogP contribution in [-0.2, 0) is 33.8 Å². The Morgan fingerprint density at radius 1 is 1.20 bits per heavy atom. The van der Waals surface area contributed by atoms with Crippen molar-refractivity contribution in [1.82, 2.24) is 19.3 Å². The molecule has 1 atom stereocenters. The Bertz CT molecular complexity index is 945. The van der Waals surface area contributed by atoms with E-state index in [0.29, 0.717) is 18.8 Å². The fourth-order valence-corrected chi connectivity index (χ4v) is 2.64. The Hall–Kier alpha value is -2.88. The average molecular weight is 455 g/mol. The Balaban J connectivity index is 0.00000225. The first-order chi connectivity index (χ1) is 13.5. The van der Waals surface area contributed by atoms with Crippen LogP contribution in [0.2, 0.25) is 0 Å². The number of imidazole rings is 1. The minimum atomic E-state index is -0.772. The van der Waals surface area contributed by atoms with Gasteiger partial charge < -0.3 is 20.4 Å². The van der Waals surface area contributed by atoms with Gasteiger partial charge in [-0.25, -0.2) is 4.98 Å². The number of ether oxygens (including phenoxy) is 1. The van der Waals surface area contributed by atoms with Crippen molar-refractivity contribution >= 4 is 42.5 Å². The van der Waals surface area contributed by atoms with Crippen LogP contribution in [-0.4, -0.2) is 44.4 Å². The van der Waals surface area contributed by atoms with Crippen molar-refractivity contribution in [3.63, 3.8) is 0 Å². The van der Waals surface area contributed by atoms with Crippen LogP contribution in [0.3, 0.4) is 0 Å². The van der Waals surface area contributed by atoms with Crippen molar-refractivity contribution < 1.29 is 14.3 Å². The van der Waals surface area contributed by atoms with Gasteiger partial charge in [-0.05, 0) is 5.56 Å². The summed E-state index contributed by atoms with van der Waals surface area (Å²) >= 11 is 0. The number of amides is 1. The molecule has 2 aromatic heterocycles. The third kappa shape index (κ3) is 7.18. The SMILES string of the molecule is COC(=O)Cn1ccc(NC(=O)[C@@H](N)Cc2cn(Cc3ccccc3)cn2)n1.Cl.Cl. The molecule has 30 heavy (non-hydrogen) atoms. The molecule has 2 heterocycles. The van der Waals surface area contributed by atoms with Crippen molar-refractivity contribution in [3.8, 4) is 0 Å². The fourth-order valence-electron chi connectivity index (χ4n) is 2.64. The number of carbonyl (C=O) groups excluding carboxylic acids is 2. The normalized spacial score (nSPS) is 11.0. The molecule has 0 bridgehead atoms. The predicted octanol–water partition coefficient (Wildman–Crippen LogP) is 1.65. The second kappa shape index (κ2) is 12.0. The van der Waals surface area contributed by atoms with Gasteiger partial charge in [-0.2, -0.15) is 5.10 Å². The number of methoxy groups -OCH3 is 1. The van der Waals surface area contributed by atoms with Gasteiger partial charge in [0, 0.05) is 31.4 Å². The second-order valence-electron chi connectivity index (χ2n) is 6.30. The molecule has 9 nitrogen and oxygen atoms in total. The largest absolute Gasteiger partial charge is 0.468 e. The van der Waals surface area contributed by atoms with E-state index in [9.17, 15) is 9.59 Å². The lowest BCUT2D eigenvalue weighted by atomic mass is 10.1. The van der Waals surface area contributed by atoms with E-state index in [4.69, 9.17) is 5.73 Å². The van der Waals surface area contributed by atoms with E-state index in [2.05, 4.69) is 20.1 Å². The minimum absolute atomic E-state index is 0. The summed E-state index contributed by atoms with van der Waals surface area (Å²) in [5.41, 5.74) is 7.89. The quantitative estimate of drug-likeness (QED) is 0.499. The number of carbonyl (C=O) groups is 2. The molecule has 1 aromatic carbocycles. The molecule has 0 aliphatic carbocycles. The summed E-state index contributed by atoms with van der Waals surface area (Å²) in [6.45, 7) is 0.671. The van der Waals surface area contributed by atoms with E-state index in [1.165, 1.54) is 11.8 Å². The number of halogens is 2. The molecule has 0 saturated carbocycles. The molecule has 11 heteroatoms. The van der Waals surface area contributed by atoms with E-state index in [1.807, 2.05) is 41.1 Å². The Morgan fingerprint density at radius 3 is 2.63 bits per heavy atom. The molecule has 3 aromatic rings. The number of rotatable bonds is 8. The molecule has 0 fully saturated rings. The molecular weight excluding hydrogens is 431 g/mol. The molecular formula is C19H24Cl2N6O3. The lowest BCUT2D eigenvalue weighted by Crippen LogP contribution is -2.37. The van der Waals surface area contributed by atoms with Crippen LogP contribution in [0.1, 0.15) is 11.3 Å². The van der Waals surface area contributed by atoms with Gasteiger partial charge in [-0.1, -0.05) is 30.3 Å².